The van der Waals surface area contributed by atoms with Crippen LogP contribution in [0.1, 0.15) is 23.4 Å². The number of hydrogen-bond acceptors (Lipinski definition) is 5. The van der Waals surface area contributed by atoms with Gasteiger partial charge in [-0.25, -0.2) is 4.39 Å². The second kappa shape index (κ2) is 9.30. The molecule has 0 atom stereocenters. The molecule has 2 amide bonds. The van der Waals surface area contributed by atoms with Crippen LogP contribution in [0.3, 0.4) is 0 Å². The number of carbonyl (C=O) groups is 2. The Morgan fingerprint density at radius 2 is 1.87 bits per heavy atom. The SMILES string of the molecule is Cc1ccc(C)c(NC(=O)CN(C)C(=O)CCc2nc(-c3ccc(F)cc3)no2)c1. The molecule has 8 heteroatoms. The summed E-state index contributed by atoms with van der Waals surface area (Å²) in [5, 5.41) is 6.69. The number of benzene rings is 2. The molecule has 1 heterocycles. The van der Waals surface area contributed by atoms with Gasteiger partial charge in [-0.3, -0.25) is 9.59 Å². The number of nitrogens with one attached hydrogen (secondary N) is 1. The average molecular weight is 410 g/mol. The molecule has 0 aliphatic rings. The largest absolute Gasteiger partial charge is 0.339 e. The van der Waals surface area contributed by atoms with Gasteiger partial charge in [-0.1, -0.05) is 17.3 Å². The molecule has 156 valence electrons. The maximum Gasteiger partial charge on any atom is 0.243 e. The van der Waals surface area contributed by atoms with Crippen molar-refractivity contribution in [3.8, 4) is 11.4 Å². The summed E-state index contributed by atoms with van der Waals surface area (Å²) < 4.78 is 18.2. The van der Waals surface area contributed by atoms with Gasteiger partial charge in [-0.05, 0) is 55.3 Å². The maximum absolute atomic E-state index is 13.0. The van der Waals surface area contributed by atoms with Gasteiger partial charge in [0.2, 0.25) is 23.5 Å². The van der Waals surface area contributed by atoms with Crippen molar-refractivity contribution in [2.24, 2.45) is 0 Å². The van der Waals surface area contributed by atoms with Crippen LogP contribution in [0.25, 0.3) is 11.4 Å². The van der Waals surface area contributed by atoms with Gasteiger partial charge in [0.15, 0.2) is 0 Å². The van der Waals surface area contributed by atoms with Crippen molar-refractivity contribution in [1.29, 1.82) is 0 Å². The third-order valence-corrected chi connectivity index (χ3v) is 4.60. The minimum absolute atomic E-state index is 0.0587. The lowest BCUT2D eigenvalue weighted by molar-refractivity contribution is -0.133. The number of likely N-dealkylation sites (N-methyl/N-ethyl adjacent to an activating group) is 1. The molecule has 0 saturated heterocycles. The Hall–Kier alpha value is -3.55. The Bertz CT molecular complexity index is 1050. The van der Waals surface area contributed by atoms with Gasteiger partial charge in [0.25, 0.3) is 0 Å². The summed E-state index contributed by atoms with van der Waals surface area (Å²) in [6.07, 6.45) is 0.369. The van der Waals surface area contributed by atoms with Crippen LogP contribution in [-0.2, 0) is 16.0 Å². The molecule has 1 aromatic heterocycles. The fraction of sp³-hybridized carbons (Fsp3) is 0.273. The first-order valence-electron chi connectivity index (χ1n) is 9.51. The number of amides is 2. The summed E-state index contributed by atoms with van der Waals surface area (Å²) in [6, 6.07) is 11.5. The first-order chi connectivity index (χ1) is 14.3. The third-order valence-electron chi connectivity index (χ3n) is 4.60. The summed E-state index contributed by atoms with van der Waals surface area (Å²) in [7, 11) is 1.57. The third kappa shape index (κ3) is 5.50. The van der Waals surface area contributed by atoms with Gasteiger partial charge < -0.3 is 14.7 Å². The van der Waals surface area contributed by atoms with Crippen LogP contribution in [-0.4, -0.2) is 40.4 Å². The minimum atomic E-state index is -0.349. The lowest BCUT2D eigenvalue weighted by Gasteiger charge is -2.17. The van der Waals surface area contributed by atoms with E-state index in [4.69, 9.17) is 4.52 Å². The van der Waals surface area contributed by atoms with E-state index in [1.165, 1.54) is 17.0 Å². The van der Waals surface area contributed by atoms with E-state index < -0.39 is 0 Å². The number of aryl methyl sites for hydroxylation is 3. The molecule has 0 radical (unpaired) electrons. The molecule has 1 N–H and O–H groups in total. The van der Waals surface area contributed by atoms with Crippen molar-refractivity contribution < 1.29 is 18.5 Å². The van der Waals surface area contributed by atoms with Crippen molar-refractivity contribution in [3.63, 3.8) is 0 Å². The van der Waals surface area contributed by atoms with Crippen molar-refractivity contribution in [2.75, 3.05) is 18.9 Å². The van der Waals surface area contributed by atoms with Crippen molar-refractivity contribution >= 4 is 17.5 Å². The summed E-state index contributed by atoms with van der Waals surface area (Å²) in [5.74, 6) is -0.198. The van der Waals surface area contributed by atoms with E-state index in [0.717, 1.165) is 16.8 Å². The van der Waals surface area contributed by atoms with Crippen molar-refractivity contribution in [3.05, 3.63) is 65.3 Å². The predicted molar refractivity (Wildman–Crippen MR) is 110 cm³/mol. The van der Waals surface area contributed by atoms with Crippen molar-refractivity contribution in [2.45, 2.75) is 26.7 Å². The number of hydrogen-bond donors (Lipinski definition) is 1. The minimum Gasteiger partial charge on any atom is -0.339 e. The van der Waals surface area contributed by atoms with Crippen LogP contribution in [0.15, 0.2) is 47.0 Å². The fourth-order valence-electron chi connectivity index (χ4n) is 2.84. The Kier molecular flexibility index (Phi) is 6.56. The van der Waals surface area contributed by atoms with E-state index in [9.17, 15) is 14.0 Å². The summed E-state index contributed by atoms with van der Waals surface area (Å²) in [4.78, 5) is 30.2. The average Bonchev–Trinajstić information content (AvgIpc) is 3.18. The van der Waals surface area contributed by atoms with E-state index in [-0.39, 0.29) is 37.0 Å². The van der Waals surface area contributed by atoms with Crippen LogP contribution >= 0.6 is 0 Å². The Morgan fingerprint density at radius 3 is 2.60 bits per heavy atom. The molecule has 7 nitrogen and oxygen atoms in total. The Balaban J connectivity index is 1.50. The number of aromatic nitrogens is 2. The monoisotopic (exact) mass is 410 g/mol. The number of carbonyl (C=O) groups excluding carboxylic acids is 2. The number of halogens is 1. The van der Waals surface area contributed by atoms with Gasteiger partial charge in [0, 0.05) is 31.1 Å². The molecule has 3 aromatic rings. The summed E-state index contributed by atoms with van der Waals surface area (Å²) >= 11 is 0. The van der Waals surface area contributed by atoms with Crippen LogP contribution in [0.4, 0.5) is 10.1 Å². The second-order valence-electron chi connectivity index (χ2n) is 7.13. The van der Waals surface area contributed by atoms with E-state index >= 15 is 0 Å². The molecular weight excluding hydrogens is 387 g/mol. The highest BCUT2D eigenvalue weighted by Gasteiger charge is 2.16. The van der Waals surface area contributed by atoms with E-state index in [2.05, 4.69) is 15.5 Å². The predicted octanol–water partition coefficient (Wildman–Crippen LogP) is 3.52. The topological polar surface area (TPSA) is 88.3 Å². The first kappa shape index (κ1) is 21.2. The normalized spacial score (nSPS) is 10.7. The molecule has 30 heavy (non-hydrogen) atoms. The highest BCUT2D eigenvalue weighted by molar-refractivity contribution is 5.95. The number of nitrogens with zero attached hydrogens (tertiary/aromatic N) is 3. The van der Waals surface area contributed by atoms with Gasteiger partial charge >= 0.3 is 0 Å². The van der Waals surface area contributed by atoms with Crippen LogP contribution in [0.2, 0.25) is 0 Å². The standard InChI is InChI=1S/C22H23FN4O3/c1-14-4-5-15(2)18(12-14)24-19(28)13-27(3)21(29)11-10-20-25-22(26-30-20)16-6-8-17(23)9-7-16/h4-9,12H,10-11,13H2,1-3H3,(H,24,28). The summed E-state index contributed by atoms with van der Waals surface area (Å²) in [6.45, 7) is 3.80. The highest BCUT2D eigenvalue weighted by Crippen LogP contribution is 2.17. The smallest absolute Gasteiger partial charge is 0.243 e. The maximum atomic E-state index is 13.0. The zero-order valence-corrected chi connectivity index (χ0v) is 17.1. The molecule has 0 bridgehead atoms. The number of rotatable bonds is 7. The van der Waals surface area contributed by atoms with Gasteiger partial charge in [0.1, 0.15) is 5.82 Å². The Labute approximate surface area is 173 Å². The molecule has 0 saturated carbocycles. The quantitative estimate of drug-likeness (QED) is 0.644. The number of anilines is 1. The first-order valence-corrected chi connectivity index (χ1v) is 9.51. The lowest BCUT2D eigenvalue weighted by atomic mass is 10.1. The Morgan fingerprint density at radius 1 is 1.13 bits per heavy atom. The van der Waals surface area contributed by atoms with Gasteiger partial charge in [-0.15, -0.1) is 0 Å². The molecular formula is C22H23FN4O3. The van der Waals surface area contributed by atoms with Crippen LogP contribution in [0.5, 0.6) is 0 Å². The van der Waals surface area contributed by atoms with Crippen molar-refractivity contribution in [1.82, 2.24) is 15.0 Å². The fourth-order valence-corrected chi connectivity index (χ4v) is 2.84. The highest BCUT2D eigenvalue weighted by atomic mass is 19.1. The second-order valence-corrected chi connectivity index (χ2v) is 7.13. The summed E-state index contributed by atoms with van der Waals surface area (Å²) in [5.41, 5.74) is 3.36. The van der Waals surface area contributed by atoms with E-state index in [1.54, 1.807) is 19.2 Å². The lowest BCUT2D eigenvalue weighted by Crippen LogP contribution is -2.35. The van der Waals surface area contributed by atoms with E-state index in [0.29, 0.717) is 17.3 Å². The van der Waals surface area contributed by atoms with Crippen LogP contribution < -0.4 is 5.32 Å². The molecule has 0 fully saturated rings. The van der Waals surface area contributed by atoms with Gasteiger partial charge in [-0.2, -0.15) is 4.98 Å². The van der Waals surface area contributed by atoms with Crippen LogP contribution in [0, 0.1) is 19.7 Å². The van der Waals surface area contributed by atoms with Gasteiger partial charge in [0.05, 0.1) is 6.54 Å². The van der Waals surface area contributed by atoms with E-state index in [1.807, 2.05) is 32.0 Å². The molecule has 2 aromatic carbocycles. The molecule has 0 spiro atoms. The zero-order valence-electron chi connectivity index (χ0n) is 17.1. The molecule has 3 rings (SSSR count). The molecule has 0 unspecified atom stereocenters. The molecule has 0 aliphatic heterocycles. The molecule has 0 aliphatic carbocycles. The zero-order chi connectivity index (χ0) is 21.7.